The third-order valence-corrected chi connectivity index (χ3v) is 3.14. The Bertz CT molecular complexity index is 581. The number of amides is 1. The van der Waals surface area contributed by atoms with E-state index >= 15 is 0 Å². The van der Waals surface area contributed by atoms with Crippen LogP contribution in [0.25, 0.3) is 0 Å². The van der Waals surface area contributed by atoms with Crippen molar-refractivity contribution in [3.63, 3.8) is 0 Å². The molecule has 0 saturated carbocycles. The molecule has 0 aliphatic rings. The second kappa shape index (κ2) is 5.76. The highest BCUT2D eigenvalue weighted by molar-refractivity contribution is 6.30. The first kappa shape index (κ1) is 13.4. The van der Waals surface area contributed by atoms with Gasteiger partial charge in [0.2, 0.25) is 0 Å². The van der Waals surface area contributed by atoms with E-state index in [0.717, 1.165) is 5.69 Å². The molecule has 0 aliphatic heterocycles. The maximum Gasteiger partial charge on any atom is 0.260 e. The number of carbonyl (C=O) groups excluding carboxylic acids is 1. The molecule has 0 unspecified atom stereocenters. The maximum atomic E-state index is 12.5. The Morgan fingerprint density at radius 1 is 1.16 bits per heavy atom. The number of rotatable bonds is 3. The van der Waals surface area contributed by atoms with E-state index in [0.29, 0.717) is 22.8 Å². The van der Waals surface area contributed by atoms with Gasteiger partial charge in [0.1, 0.15) is 0 Å². The van der Waals surface area contributed by atoms with Gasteiger partial charge in [-0.05, 0) is 43.3 Å². The zero-order valence-corrected chi connectivity index (χ0v) is 11.4. The first-order valence-electron chi connectivity index (χ1n) is 6.05. The third kappa shape index (κ3) is 2.88. The molecule has 0 bridgehead atoms. The monoisotopic (exact) mass is 274 g/mol. The van der Waals surface area contributed by atoms with Gasteiger partial charge in [-0.3, -0.25) is 4.79 Å². The molecule has 0 spiro atoms. The molecule has 0 fully saturated rings. The Kier molecular flexibility index (Phi) is 4.07. The van der Waals surface area contributed by atoms with E-state index in [9.17, 15) is 4.79 Å². The number of halogens is 1. The first-order valence-corrected chi connectivity index (χ1v) is 6.43. The third-order valence-electron chi connectivity index (χ3n) is 2.89. The lowest BCUT2D eigenvalue weighted by Crippen LogP contribution is -2.31. The molecule has 2 rings (SSSR count). The maximum absolute atomic E-state index is 12.5. The van der Waals surface area contributed by atoms with Gasteiger partial charge in [0.15, 0.2) is 0 Å². The Morgan fingerprint density at radius 2 is 1.79 bits per heavy atom. The number of nitrogens with zero attached hydrogens (tertiary/aromatic N) is 1. The molecule has 4 heteroatoms. The zero-order valence-electron chi connectivity index (χ0n) is 10.6. The molecule has 98 valence electrons. The summed E-state index contributed by atoms with van der Waals surface area (Å²) in [5.74, 6) is -0.108. The van der Waals surface area contributed by atoms with Crippen molar-refractivity contribution in [1.82, 2.24) is 0 Å². The van der Waals surface area contributed by atoms with Crippen LogP contribution in [0.5, 0.6) is 0 Å². The number of nitrogen functional groups attached to an aromatic ring is 1. The molecular weight excluding hydrogens is 260 g/mol. The summed E-state index contributed by atoms with van der Waals surface area (Å²) in [5.41, 5.74) is 7.65. The van der Waals surface area contributed by atoms with Crippen LogP contribution in [0.3, 0.4) is 0 Å². The molecule has 0 radical (unpaired) electrons. The van der Waals surface area contributed by atoms with Gasteiger partial charge in [-0.15, -0.1) is 0 Å². The van der Waals surface area contributed by atoms with Crippen LogP contribution < -0.4 is 10.6 Å². The summed E-state index contributed by atoms with van der Waals surface area (Å²) < 4.78 is 0. The quantitative estimate of drug-likeness (QED) is 0.870. The van der Waals surface area contributed by atoms with Crippen molar-refractivity contribution in [2.75, 3.05) is 17.2 Å². The normalized spacial score (nSPS) is 10.2. The molecule has 2 aromatic rings. The fraction of sp³-hybridized carbons (Fsp3) is 0.133. The van der Waals surface area contributed by atoms with Crippen LogP contribution in [0.2, 0.25) is 5.02 Å². The van der Waals surface area contributed by atoms with Crippen molar-refractivity contribution in [1.29, 1.82) is 0 Å². The minimum absolute atomic E-state index is 0.108. The molecule has 0 atom stereocenters. The Balaban J connectivity index is 2.35. The fourth-order valence-corrected chi connectivity index (χ4v) is 2.03. The van der Waals surface area contributed by atoms with E-state index in [1.807, 2.05) is 25.1 Å². The number of nitrogens with two attached hydrogens (primary N) is 1. The van der Waals surface area contributed by atoms with Gasteiger partial charge in [0.25, 0.3) is 5.91 Å². The summed E-state index contributed by atoms with van der Waals surface area (Å²) >= 11 is 5.86. The summed E-state index contributed by atoms with van der Waals surface area (Å²) in [7, 11) is 0. The van der Waals surface area contributed by atoms with Crippen molar-refractivity contribution in [3.8, 4) is 0 Å². The molecule has 0 aromatic heterocycles. The van der Waals surface area contributed by atoms with Crippen LogP contribution in [-0.2, 0) is 0 Å². The van der Waals surface area contributed by atoms with Gasteiger partial charge < -0.3 is 10.6 Å². The van der Waals surface area contributed by atoms with Crippen LogP contribution in [-0.4, -0.2) is 12.5 Å². The SMILES string of the molecule is CCN(C(=O)c1ccccc1N)c1ccc(Cl)cc1. The minimum Gasteiger partial charge on any atom is -0.398 e. The molecular formula is C15H15ClN2O. The minimum atomic E-state index is -0.108. The number of anilines is 2. The van der Waals surface area contributed by atoms with E-state index in [4.69, 9.17) is 17.3 Å². The molecule has 1 amide bonds. The number of carbonyl (C=O) groups is 1. The average molecular weight is 275 g/mol. The number of hydrogen-bond donors (Lipinski definition) is 1. The van der Waals surface area contributed by atoms with Crippen LogP contribution >= 0.6 is 11.6 Å². The highest BCUT2D eigenvalue weighted by Gasteiger charge is 2.17. The van der Waals surface area contributed by atoms with Crippen LogP contribution in [0, 0.1) is 0 Å². The van der Waals surface area contributed by atoms with Gasteiger partial charge in [-0.25, -0.2) is 0 Å². The topological polar surface area (TPSA) is 46.3 Å². The fourth-order valence-electron chi connectivity index (χ4n) is 1.90. The predicted octanol–water partition coefficient (Wildman–Crippen LogP) is 3.59. The van der Waals surface area contributed by atoms with Crippen molar-refractivity contribution in [3.05, 3.63) is 59.1 Å². The Labute approximate surface area is 117 Å². The zero-order chi connectivity index (χ0) is 13.8. The predicted molar refractivity (Wildman–Crippen MR) is 79.7 cm³/mol. The Morgan fingerprint density at radius 3 is 2.37 bits per heavy atom. The van der Waals surface area contributed by atoms with Crippen molar-refractivity contribution >= 4 is 28.9 Å². The lowest BCUT2D eigenvalue weighted by Gasteiger charge is -2.21. The van der Waals surface area contributed by atoms with Gasteiger partial charge in [-0.2, -0.15) is 0 Å². The van der Waals surface area contributed by atoms with E-state index in [-0.39, 0.29) is 5.91 Å². The van der Waals surface area contributed by atoms with Gasteiger partial charge in [0.05, 0.1) is 5.56 Å². The van der Waals surface area contributed by atoms with Crippen LogP contribution in [0.15, 0.2) is 48.5 Å². The summed E-state index contributed by atoms with van der Waals surface area (Å²) in [6.07, 6.45) is 0. The summed E-state index contributed by atoms with van der Waals surface area (Å²) in [6, 6.07) is 14.2. The summed E-state index contributed by atoms with van der Waals surface area (Å²) in [5, 5.41) is 0.645. The molecule has 0 saturated heterocycles. The van der Waals surface area contributed by atoms with Gasteiger partial charge >= 0.3 is 0 Å². The van der Waals surface area contributed by atoms with Crippen LogP contribution in [0.1, 0.15) is 17.3 Å². The number of para-hydroxylation sites is 1. The molecule has 0 aliphatic carbocycles. The summed E-state index contributed by atoms with van der Waals surface area (Å²) in [6.45, 7) is 2.49. The molecule has 3 nitrogen and oxygen atoms in total. The molecule has 2 N–H and O–H groups in total. The average Bonchev–Trinajstić information content (AvgIpc) is 2.42. The second-order valence-electron chi connectivity index (χ2n) is 4.11. The highest BCUT2D eigenvalue weighted by Crippen LogP contribution is 2.21. The second-order valence-corrected chi connectivity index (χ2v) is 4.55. The van der Waals surface area contributed by atoms with Crippen molar-refractivity contribution in [2.45, 2.75) is 6.92 Å². The van der Waals surface area contributed by atoms with Gasteiger partial charge in [0, 0.05) is 22.9 Å². The van der Waals surface area contributed by atoms with E-state index in [1.165, 1.54) is 0 Å². The summed E-state index contributed by atoms with van der Waals surface area (Å²) in [4.78, 5) is 14.2. The molecule has 19 heavy (non-hydrogen) atoms. The largest absolute Gasteiger partial charge is 0.398 e. The number of benzene rings is 2. The van der Waals surface area contributed by atoms with Crippen molar-refractivity contribution in [2.24, 2.45) is 0 Å². The van der Waals surface area contributed by atoms with Crippen LogP contribution in [0.4, 0.5) is 11.4 Å². The Hall–Kier alpha value is -2.00. The van der Waals surface area contributed by atoms with E-state index in [2.05, 4.69) is 0 Å². The number of hydrogen-bond acceptors (Lipinski definition) is 2. The molecule has 0 heterocycles. The first-order chi connectivity index (χ1) is 9.13. The van der Waals surface area contributed by atoms with E-state index in [1.54, 1.807) is 35.2 Å². The lowest BCUT2D eigenvalue weighted by molar-refractivity contribution is 0.0989. The van der Waals surface area contributed by atoms with Crippen molar-refractivity contribution < 1.29 is 4.79 Å². The highest BCUT2D eigenvalue weighted by atomic mass is 35.5. The lowest BCUT2D eigenvalue weighted by atomic mass is 10.1. The van der Waals surface area contributed by atoms with E-state index < -0.39 is 0 Å². The van der Waals surface area contributed by atoms with Gasteiger partial charge in [-0.1, -0.05) is 23.7 Å². The standard InChI is InChI=1S/C15H15ClN2O/c1-2-18(12-9-7-11(16)8-10-12)15(19)13-5-3-4-6-14(13)17/h3-10H,2,17H2,1H3. The molecule has 2 aromatic carbocycles. The smallest absolute Gasteiger partial charge is 0.260 e.